The third kappa shape index (κ3) is 3.21. The Kier molecular flexibility index (Phi) is 4.96. The summed E-state index contributed by atoms with van der Waals surface area (Å²) in [5.74, 6) is 0.0242. The second-order valence-corrected chi connectivity index (χ2v) is 7.51. The highest BCUT2D eigenvalue weighted by Crippen LogP contribution is 2.25. The van der Waals surface area contributed by atoms with Gasteiger partial charge in [0.25, 0.3) is 5.91 Å². The molecular formula is C18H24N4OS. The largest absolute Gasteiger partial charge is 0.334 e. The van der Waals surface area contributed by atoms with Gasteiger partial charge in [0.2, 0.25) is 0 Å². The SMILES string of the molecule is CS[C@@H]1CN(C(=O)c2cc(C)n(-c3ccccc3)n2)C[C@@H]1N(C)C. The highest BCUT2D eigenvalue weighted by Gasteiger charge is 2.37. The van der Waals surface area contributed by atoms with Gasteiger partial charge in [0.1, 0.15) is 0 Å². The molecule has 2 heterocycles. The molecule has 0 aliphatic carbocycles. The van der Waals surface area contributed by atoms with Crippen molar-refractivity contribution in [3.8, 4) is 5.69 Å². The number of para-hydroxylation sites is 1. The minimum atomic E-state index is 0.0242. The van der Waals surface area contributed by atoms with Gasteiger partial charge < -0.3 is 9.80 Å². The molecule has 0 N–H and O–H groups in total. The number of aromatic nitrogens is 2. The molecule has 6 heteroatoms. The lowest BCUT2D eigenvalue weighted by Crippen LogP contribution is -2.37. The summed E-state index contributed by atoms with van der Waals surface area (Å²) in [4.78, 5) is 17.0. The van der Waals surface area contributed by atoms with Crippen LogP contribution in [-0.4, -0.2) is 70.2 Å². The topological polar surface area (TPSA) is 41.4 Å². The van der Waals surface area contributed by atoms with Gasteiger partial charge in [-0.05, 0) is 45.5 Å². The van der Waals surface area contributed by atoms with Gasteiger partial charge in [0.15, 0.2) is 5.69 Å². The minimum absolute atomic E-state index is 0.0242. The molecule has 1 aliphatic heterocycles. The molecule has 2 aromatic rings. The van der Waals surface area contributed by atoms with Gasteiger partial charge in [-0.15, -0.1) is 0 Å². The second-order valence-electron chi connectivity index (χ2n) is 6.43. The molecule has 128 valence electrons. The molecule has 5 nitrogen and oxygen atoms in total. The zero-order valence-electron chi connectivity index (χ0n) is 14.6. The van der Waals surface area contributed by atoms with Crippen molar-refractivity contribution >= 4 is 17.7 Å². The number of aryl methyl sites for hydroxylation is 1. The molecule has 1 aromatic heterocycles. The number of likely N-dealkylation sites (tertiary alicyclic amines) is 1. The Hall–Kier alpha value is -1.79. The van der Waals surface area contributed by atoms with Crippen molar-refractivity contribution in [2.75, 3.05) is 33.4 Å². The highest BCUT2D eigenvalue weighted by molar-refractivity contribution is 7.99. The molecule has 0 saturated carbocycles. The maximum Gasteiger partial charge on any atom is 0.274 e. The van der Waals surface area contributed by atoms with Gasteiger partial charge in [-0.3, -0.25) is 4.79 Å². The van der Waals surface area contributed by atoms with E-state index >= 15 is 0 Å². The van der Waals surface area contributed by atoms with E-state index in [-0.39, 0.29) is 5.91 Å². The van der Waals surface area contributed by atoms with Gasteiger partial charge in [-0.2, -0.15) is 16.9 Å². The summed E-state index contributed by atoms with van der Waals surface area (Å²) in [6.07, 6.45) is 2.11. The predicted octanol–water partition coefficient (Wildman–Crippen LogP) is 2.30. The molecule has 1 saturated heterocycles. The first-order valence-corrected chi connectivity index (χ1v) is 9.40. The third-order valence-corrected chi connectivity index (χ3v) is 5.67. The number of likely N-dealkylation sites (N-methyl/N-ethyl adjacent to an activating group) is 1. The lowest BCUT2D eigenvalue weighted by Gasteiger charge is -2.23. The standard InChI is InChI=1S/C18H24N4OS/c1-13-10-15(19-22(13)14-8-6-5-7-9-14)18(23)21-11-16(20(2)3)17(12-21)24-4/h5-10,16-17H,11-12H2,1-4H3/t16-,17+/m0/s1. The summed E-state index contributed by atoms with van der Waals surface area (Å²) in [5, 5.41) is 5.00. The average molecular weight is 344 g/mol. The number of amides is 1. The van der Waals surface area contributed by atoms with Crippen molar-refractivity contribution in [1.29, 1.82) is 0 Å². The van der Waals surface area contributed by atoms with Crippen LogP contribution in [0.4, 0.5) is 0 Å². The molecular weight excluding hydrogens is 320 g/mol. The van der Waals surface area contributed by atoms with E-state index in [0.29, 0.717) is 17.0 Å². The molecule has 0 unspecified atom stereocenters. The fourth-order valence-electron chi connectivity index (χ4n) is 3.22. The normalized spacial score (nSPS) is 20.8. The third-order valence-electron chi connectivity index (χ3n) is 4.60. The van der Waals surface area contributed by atoms with Crippen LogP contribution in [0.2, 0.25) is 0 Å². The first-order valence-electron chi connectivity index (χ1n) is 8.12. The maximum atomic E-state index is 12.9. The lowest BCUT2D eigenvalue weighted by molar-refractivity contribution is 0.0777. The Morgan fingerprint density at radius 1 is 1.25 bits per heavy atom. The van der Waals surface area contributed by atoms with Crippen molar-refractivity contribution in [3.63, 3.8) is 0 Å². The summed E-state index contributed by atoms with van der Waals surface area (Å²) in [5.41, 5.74) is 2.47. The molecule has 0 spiro atoms. The van der Waals surface area contributed by atoms with Crippen molar-refractivity contribution in [2.45, 2.75) is 18.2 Å². The smallest absolute Gasteiger partial charge is 0.274 e. The Morgan fingerprint density at radius 2 is 1.96 bits per heavy atom. The molecule has 1 fully saturated rings. The molecule has 1 amide bonds. The summed E-state index contributed by atoms with van der Waals surface area (Å²) < 4.78 is 1.83. The maximum absolute atomic E-state index is 12.9. The summed E-state index contributed by atoms with van der Waals surface area (Å²) in [6.45, 7) is 3.52. The van der Waals surface area contributed by atoms with Crippen LogP contribution in [-0.2, 0) is 0 Å². The molecule has 0 bridgehead atoms. The fraction of sp³-hybridized carbons (Fsp3) is 0.444. The zero-order chi connectivity index (χ0) is 17.3. The van der Waals surface area contributed by atoms with E-state index < -0.39 is 0 Å². The van der Waals surface area contributed by atoms with E-state index in [2.05, 4.69) is 30.3 Å². The number of rotatable bonds is 4. The second kappa shape index (κ2) is 6.99. The number of carbonyl (C=O) groups is 1. The van der Waals surface area contributed by atoms with E-state index in [4.69, 9.17) is 0 Å². The number of hydrogen-bond donors (Lipinski definition) is 0. The molecule has 2 atom stereocenters. The quantitative estimate of drug-likeness (QED) is 0.853. The van der Waals surface area contributed by atoms with Gasteiger partial charge in [0, 0.05) is 30.1 Å². The van der Waals surface area contributed by atoms with Crippen LogP contribution in [0, 0.1) is 6.92 Å². The molecule has 1 aromatic carbocycles. The Morgan fingerprint density at radius 3 is 2.54 bits per heavy atom. The number of carbonyl (C=O) groups excluding carboxylic acids is 1. The monoisotopic (exact) mass is 344 g/mol. The van der Waals surface area contributed by atoms with E-state index in [0.717, 1.165) is 24.5 Å². The first-order chi connectivity index (χ1) is 11.5. The van der Waals surface area contributed by atoms with E-state index in [1.807, 2.05) is 64.7 Å². The molecule has 1 aliphatic rings. The van der Waals surface area contributed by atoms with Crippen molar-refractivity contribution in [2.24, 2.45) is 0 Å². The van der Waals surface area contributed by atoms with Crippen LogP contribution in [0.1, 0.15) is 16.2 Å². The zero-order valence-corrected chi connectivity index (χ0v) is 15.5. The number of nitrogens with zero attached hydrogens (tertiary/aromatic N) is 4. The number of thioether (sulfide) groups is 1. The van der Waals surface area contributed by atoms with Crippen LogP contribution >= 0.6 is 11.8 Å². The summed E-state index contributed by atoms with van der Waals surface area (Å²) in [6, 6.07) is 12.2. The molecule has 0 radical (unpaired) electrons. The van der Waals surface area contributed by atoms with Crippen molar-refractivity contribution < 1.29 is 4.79 Å². The van der Waals surface area contributed by atoms with Crippen molar-refractivity contribution in [1.82, 2.24) is 19.6 Å². The Bertz CT molecular complexity index is 713. The predicted molar refractivity (Wildman–Crippen MR) is 99.0 cm³/mol. The van der Waals surface area contributed by atoms with E-state index in [9.17, 15) is 4.79 Å². The van der Waals surface area contributed by atoms with Crippen LogP contribution in [0.5, 0.6) is 0 Å². The van der Waals surface area contributed by atoms with Crippen LogP contribution in [0.3, 0.4) is 0 Å². The van der Waals surface area contributed by atoms with E-state index in [1.165, 1.54) is 0 Å². The Balaban J connectivity index is 1.82. The van der Waals surface area contributed by atoms with Gasteiger partial charge in [-0.25, -0.2) is 4.68 Å². The number of hydrogen-bond acceptors (Lipinski definition) is 4. The summed E-state index contributed by atoms with van der Waals surface area (Å²) in [7, 11) is 4.16. The van der Waals surface area contributed by atoms with Gasteiger partial charge in [0.05, 0.1) is 5.69 Å². The van der Waals surface area contributed by atoms with Crippen LogP contribution in [0.15, 0.2) is 36.4 Å². The van der Waals surface area contributed by atoms with Crippen LogP contribution in [0.25, 0.3) is 5.69 Å². The first kappa shape index (κ1) is 17.0. The minimum Gasteiger partial charge on any atom is -0.334 e. The van der Waals surface area contributed by atoms with Crippen molar-refractivity contribution in [3.05, 3.63) is 47.8 Å². The Labute approximate surface area is 147 Å². The fourth-order valence-corrected chi connectivity index (χ4v) is 4.19. The highest BCUT2D eigenvalue weighted by atomic mass is 32.2. The molecule has 3 rings (SSSR count). The van der Waals surface area contributed by atoms with Gasteiger partial charge >= 0.3 is 0 Å². The van der Waals surface area contributed by atoms with E-state index in [1.54, 1.807) is 0 Å². The molecule has 24 heavy (non-hydrogen) atoms. The van der Waals surface area contributed by atoms with Gasteiger partial charge in [-0.1, -0.05) is 18.2 Å². The lowest BCUT2D eigenvalue weighted by atomic mass is 10.2. The number of benzene rings is 1. The van der Waals surface area contributed by atoms with Crippen LogP contribution < -0.4 is 0 Å². The summed E-state index contributed by atoms with van der Waals surface area (Å²) >= 11 is 1.83. The average Bonchev–Trinajstić information content (AvgIpc) is 3.18.